The van der Waals surface area contributed by atoms with E-state index in [1.807, 2.05) is 112 Å². The number of aliphatic hydroxyl groups is 1. The molecule has 13 heteroatoms. The molecule has 0 saturated heterocycles. The van der Waals surface area contributed by atoms with Crippen LogP contribution in [0.2, 0.25) is 23.3 Å². The number of ketones is 2. The minimum absolute atomic E-state index is 0.0142. The minimum atomic E-state index is -2.89. The zero-order valence-electron chi connectivity index (χ0n) is 33.6. The van der Waals surface area contributed by atoms with E-state index in [0.717, 1.165) is 11.1 Å². The minimum Gasteiger partial charge on any atom is -0.508 e. The van der Waals surface area contributed by atoms with Crippen LogP contribution in [-0.2, 0) is 30.6 Å². The lowest BCUT2D eigenvalue weighted by Crippen LogP contribution is -2.65. The Kier molecular flexibility index (Phi) is 10.6. The van der Waals surface area contributed by atoms with Gasteiger partial charge in [-0.2, -0.15) is 0 Å². The Morgan fingerprint density at radius 2 is 1.55 bits per heavy atom. The predicted molar refractivity (Wildman–Crippen MR) is 216 cm³/mol. The van der Waals surface area contributed by atoms with Gasteiger partial charge in [-0.15, -0.1) is 0 Å². The van der Waals surface area contributed by atoms with Crippen LogP contribution in [0.25, 0.3) is 0 Å². The average molecular weight is 799 g/mol. The number of hydrogen-bond donors (Lipinski definition) is 1. The quantitative estimate of drug-likeness (QED) is 0.116. The lowest BCUT2D eigenvalue weighted by atomic mass is 9.58. The first-order chi connectivity index (χ1) is 26.5. The molecule has 2 aromatic carbocycles. The second kappa shape index (κ2) is 14.9. The van der Waals surface area contributed by atoms with Gasteiger partial charge in [0.25, 0.3) is 5.88 Å². The van der Waals surface area contributed by atoms with Gasteiger partial charge in [-0.05, 0) is 81.4 Å². The summed E-state index contributed by atoms with van der Waals surface area (Å²) in [6.45, 7) is 11.0. The summed E-state index contributed by atoms with van der Waals surface area (Å²) in [5, 5.41) is 17.2. The number of hydrogen-bond acceptors (Lipinski definition) is 11. The Hall–Kier alpha value is -4.33. The smallest absolute Gasteiger partial charge is 0.265 e. The van der Waals surface area contributed by atoms with Gasteiger partial charge < -0.3 is 28.4 Å². The van der Waals surface area contributed by atoms with Crippen molar-refractivity contribution < 1.29 is 33.1 Å². The molecule has 0 fully saturated rings. The molecule has 4 aromatic rings. The van der Waals surface area contributed by atoms with E-state index in [1.54, 1.807) is 0 Å². The standard InChI is InChI=1S/C43H51ClN4O7Si/c1-42(2,3)56(8,9)55-43-29(34(48(6)7)37-33(39(43)51)41(46-54-37)53-24-26-18-14-11-15-19-26)21-27-20-28-32(35(49)31(27)38(43)50)36(30(22-47(4)5)45-40(28)44)52-23-25-16-12-10-13-17-25/h10-19,27,29,34,50H,20-24H2,1-9H3/t27-,29-,34-,43-/m0/s1. The number of nitrogens with zero attached hydrogens (tertiary/aromatic N) is 4. The molecule has 0 spiro atoms. The van der Waals surface area contributed by atoms with Crippen LogP contribution in [-0.4, -0.2) is 78.7 Å². The molecule has 11 nitrogen and oxygen atoms in total. The van der Waals surface area contributed by atoms with Crippen molar-refractivity contribution in [3.05, 3.63) is 116 Å². The monoisotopic (exact) mass is 798 g/mol. The van der Waals surface area contributed by atoms with E-state index in [1.165, 1.54) is 0 Å². The van der Waals surface area contributed by atoms with E-state index >= 15 is 9.59 Å². The first-order valence-corrected chi connectivity index (χ1v) is 22.3. The first kappa shape index (κ1) is 39.9. The summed E-state index contributed by atoms with van der Waals surface area (Å²) in [5.41, 5.74) is 1.39. The van der Waals surface area contributed by atoms with Gasteiger partial charge in [-0.25, -0.2) is 4.98 Å². The summed E-state index contributed by atoms with van der Waals surface area (Å²) < 4.78 is 26.0. The number of allylic oxidation sites excluding steroid dienone is 1. The SMILES string of the molecule is CN(C)Cc1nc(Cl)c2c(c1OCc1ccccc1)C(=O)C1=C(O)[C@]3(O[Si](C)(C)C(C)(C)C)C(=O)c4c(OCc5ccccc5)noc4[C@@H](N(C)C)[C@@H]3C[C@@H]1C2. The van der Waals surface area contributed by atoms with Crippen molar-refractivity contribution in [3.8, 4) is 11.6 Å². The van der Waals surface area contributed by atoms with Crippen LogP contribution < -0.4 is 9.47 Å². The summed E-state index contributed by atoms with van der Waals surface area (Å²) in [5.74, 6) is -1.88. The zero-order chi connectivity index (χ0) is 40.3. The third-order valence-corrected chi connectivity index (χ3v) is 16.6. The molecule has 0 bridgehead atoms. The summed E-state index contributed by atoms with van der Waals surface area (Å²) in [6, 6.07) is 18.7. The molecule has 56 heavy (non-hydrogen) atoms. The summed E-state index contributed by atoms with van der Waals surface area (Å²) in [4.78, 5) is 39.5. The fourth-order valence-electron chi connectivity index (χ4n) is 8.20. The van der Waals surface area contributed by atoms with Crippen molar-refractivity contribution in [2.45, 2.75) is 83.1 Å². The molecule has 2 heterocycles. The zero-order valence-corrected chi connectivity index (χ0v) is 35.4. The summed E-state index contributed by atoms with van der Waals surface area (Å²) in [7, 11) is 4.71. The first-order valence-electron chi connectivity index (χ1n) is 19.0. The van der Waals surface area contributed by atoms with Crippen LogP contribution >= 0.6 is 11.6 Å². The Labute approximate surface area is 334 Å². The number of benzene rings is 2. The molecular weight excluding hydrogens is 748 g/mol. The van der Waals surface area contributed by atoms with Gasteiger partial charge in [0.15, 0.2) is 31.2 Å². The van der Waals surface area contributed by atoms with E-state index in [9.17, 15) is 5.11 Å². The number of halogens is 1. The summed E-state index contributed by atoms with van der Waals surface area (Å²) >= 11 is 6.97. The van der Waals surface area contributed by atoms with Crippen molar-refractivity contribution in [2.24, 2.45) is 11.8 Å². The molecule has 3 aliphatic carbocycles. The highest BCUT2D eigenvalue weighted by atomic mass is 35.5. The van der Waals surface area contributed by atoms with Crippen LogP contribution in [0, 0.1) is 11.8 Å². The summed E-state index contributed by atoms with van der Waals surface area (Å²) in [6.07, 6.45) is 0.607. The molecule has 296 valence electrons. The van der Waals surface area contributed by atoms with Crippen LogP contribution in [0.1, 0.15) is 82.1 Å². The predicted octanol–water partition coefficient (Wildman–Crippen LogP) is 8.39. The molecule has 0 amide bonds. The van der Waals surface area contributed by atoms with Gasteiger partial charge in [-0.3, -0.25) is 14.5 Å². The highest BCUT2D eigenvalue weighted by molar-refractivity contribution is 6.74. The maximum atomic E-state index is 15.6. The fraction of sp³-hybridized carbons (Fsp3) is 0.442. The number of rotatable bonds is 11. The molecule has 4 atom stereocenters. The largest absolute Gasteiger partial charge is 0.508 e. The number of pyridine rings is 1. The molecule has 0 saturated carbocycles. The maximum Gasteiger partial charge on any atom is 0.265 e. The Balaban J connectivity index is 1.43. The number of fused-ring (bicyclic) bond motifs is 4. The van der Waals surface area contributed by atoms with E-state index in [-0.39, 0.29) is 51.7 Å². The molecule has 0 radical (unpaired) electrons. The molecule has 1 N–H and O–H groups in total. The molecule has 0 aliphatic heterocycles. The third-order valence-electron chi connectivity index (χ3n) is 11.9. The van der Waals surface area contributed by atoms with Gasteiger partial charge in [0.2, 0.25) is 5.78 Å². The van der Waals surface area contributed by atoms with Crippen LogP contribution in [0.15, 0.2) is 76.5 Å². The van der Waals surface area contributed by atoms with Crippen molar-refractivity contribution in [3.63, 3.8) is 0 Å². The Bertz CT molecular complexity index is 2180. The van der Waals surface area contributed by atoms with E-state index in [0.29, 0.717) is 42.2 Å². The Morgan fingerprint density at radius 1 is 0.946 bits per heavy atom. The number of carbonyl (C=O) groups excluding carboxylic acids is 2. The maximum absolute atomic E-state index is 15.6. The number of Topliss-reactive ketones (excluding diaryl/α,β-unsaturated/α-hetero) is 2. The van der Waals surface area contributed by atoms with Gasteiger partial charge in [-0.1, -0.05) is 93.0 Å². The number of aromatic nitrogens is 2. The van der Waals surface area contributed by atoms with Crippen molar-refractivity contribution in [1.82, 2.24) is 19.9 Å². The fourth-order valence-corrected chi connectivity index (χ4v) is 9.92. The van der Waals surface area contributed by atoms with Gasteiger partial charge in [0.05, 0.1) is 17.3 Å². The van der Waals surface area contributed by atoms with E-state index < -0.39 is 43.4 Å². The average Bonchev–Trinajstić information content (AvgIpc) is 3.55. The van der Waals surface area contributed by atoms with E-state index in [2.05, 4.69) is 25.9 Å². The van der Waals surface area contributed by atoms with Crippen LogP contribution in [0.4, 0.5) is 0 Å². The third kappa shape index (κ3) is 6.79. The number of aliphatic hydroxyl groups excluding tert-OH is 1. The van der Waals surface area contributed by atoms with Crippen molar-refractivity contribution in [2.75, 3.05) is 28.2 Å². The molecule has 2 aromatic heterocycles. The molecule has 0 unspecified atom stereocenters. The van der Waals surface area contributed by atoms with Gasteiger partial charge in [0.1, 0.15) is 29.7 Å². The van der Waals surface area contributed by atoms with Gasteiger partial charge in [0, 0.05) is 23.6 Å². The van der Waals surface area contributed by atoms with Crippen LogP contribution in [0.5, 0.6) is 11.6 Å². The highest BCUT2D eigenvalue weighted by Gasteiger charge is 2.67. The molecular formula is C43H51ClN4O7Si. The lowest BCUT2D eigenvalue weighted by molar-refractivity contribution is -0.0480. The highest BCUT2D eigenvalue weighted by Crippen LogP contribution is 2.60. The molecule has 3 aliphatic rings. The number of ether oxygens (including phenoxy) is 2. The lowest BCUT2D eigenvalue weighted by Gasteiger charge is -2.55. The second-order valence-corrected chi connectivity index (χ2v) is 22.3. The van der Waals surface area contributed by atoms with Crippen LogP contribution in [0.3, 0.4) is 0 Å². The number of carbonyl (C=O) groups is 2. The van der Waals surface area contributed by atoms with Crippen molar-refractivity contribution >= 4 is 31.5 Å². The van der Waals surface area contributed by atoms with Gasteiger partial charge >= 0.3 is 0 Å². The Morgan fingerprint density at radius 3 is 2.12 bits per heavy atom. The topological polar surface area (TPSA) is 127 Å². The van der Waals surface area contributed by atoms with Crippen molar-refractivity contribution in [1.29, 1.82) is 0 Å². The second-order valence-electron chi connectivity index (χ2n) is 17.2. The normalized spacial score (nSPS) is 22.2. The molecule has 7 rings (SSSR count). The van der Waals surface area contributed by atoms with E-state index in [4.69, 9.17) is 35.0 Å².